The summed E-state index contributed by atoms with van der Waals surface area (Å²) in [6.45, 7) is 1.09. The number of methoxy groups -OCH3 is 1. The van der Waals surface area contributed by atoms with Crippen LogP contribution >= 0.6 is 0 Å². The zero-order valence-electron chi connectivity index (χ0n) is 7.92. The van der Waals surface area contributed by atoms with Gasteiger partial charge in [0.2, 0.25) is 0 Å². The van der Waals surface area contributed by atoms with Gasteiger partial charge in [0.1, 0.15) is 11.4 Å². The molecule has 0 spiro atoms. The van der Waals surface area contributed by atoms with E-state index in [1.165, 1.54) is 13.2 Å². The van der Waals surface area contributed by atoms with Gasteiger partial charge in [-0.3, -0.25) is 4.98 Å². The van der Waals surface area contributed by atoms with Crippen LogP contribution in [0.1, 0.15) is 23.4 Å². The smallest absolute Gasteiger partial charge is 0.280 e. The molecule has 1 aromatic heterocycles. The zero-order valence-corrected chi connectivity index (χ0v) is 7.92. The summed E-state index contributed by atoms with van der Waals surface area (Å²) in [5.41, 5.74) is 0.0757. The summed E-state index contributed by atoms with van der Waals surface area (Å²) in [7, 11) is 1.36. The van der Waals surface area contributed by atoms with Crippen molar-refractivity contribution in [1.82, 2.24) is 4.98 Å². The number of halogens is 2. The van der Waals surface area contributed by atoms with Gasteiger partial charge in [0.15, 0.2) is 0 Å². The van der Waals surface area contributed by atoms with Gasteiger partial charge in [-0.1, -0.05) is 0 Å². The van der Waals surface area contributed by atoms with Crippen LogP contribution in [0.2, 0.25) is 0 Å². The Morgan fingerprint density at radius 2 is 2.21 bits per heavy atom. The van der Waals surface area contributed by atoms with Crippen LogP contribution in [0.15, 0.2) is 6.07 Å². The molecule has 3 nitrogen and oxygen atoms in total. The molecule has 1 N–H and O–H groups in total. The number of aliphatic hydroxyl groups is 1. The number of nitrogens with zero attached hydrogens (tertiary/aromatic N) is 1. The third kappa shape index (κ3) is 1.98. The lowest BCUT2D eigenvalue weighted by molar-refractivity contribution is 0.140. The standard InChI is InChI=1S/C9H11F2NO2/c1-5-3-7(14-2)6(4-13)8(12-5)9(10)11/h3,9,13H,4H2,1-2H3. The quantitative estimate of drug-likeness (QED) is 0.814. The molecule has 0 fully saturated rings. The Morgan fingerprint density at radius 3 is 2.64 bits per heavy atom. The van der Waals surface area contributed by atoms with Crippen molar-refractivity contribution < 1.29 is 18.6 Å². The summed E-state index contributed by atoms with van der Waals surface area (Å²) in [6, 6.07) is 1.51. The van der Waals surface area contributed by atoms with Crippen LogP contribution in [0.5, 0.6) is 5.75 Å². The SMILES string of the molecule is COc1cc(C)nc(C(F)F)c1CO. The molecule has 0 bridgehead atoms. The summed E-state index contributed by atoms with van der Waals surface area (Å²) in [5, 5.41) is 8.92. The van der Waals surface area contributed by atoms with Crippen LogP contribution < -0.4 is 4.74 Å². The van der Waals surface area contributed by atoms with Crippen LogP contribution in [0, 0.1) is 6.92 Å². The molecule has 1 heterocycles. The summed E-state index contributed by atoms with van der Waals surface area (Å²) in [5.74, 6) is 0.246. The largest absolute Gasteiger partial charge is 0.496 e. The van der Waals surface area contributed by atoms with Gasteiger partial charge in [0, 0.05) is 17.3 Å². The van der Waals surface area contributed by atoms with Gasteiger partial charge in [-0.15, -0.1) is 0 Å². The fourth-order valence-corrected chi connectivity index (χ4v) is 1.21. The first-order valence-corrected chi connectivity index (χ1v) is 4.03. The second-order valence-corrected chi connectivity index (χ2v) is 2.79. The van der Waals surface area contributed by atoms with E-state index in [0.717, 1.165) is 0 Å². The third-order valence-corrected chi connectivity index (χ3v) is 1.83. The molecule has 5 heteroatoms. The molecule has 0 aromatic carbocycles. The highest BCUT2D eigenvalue weighted by molar-refractivity contribution is 5.38. The highest BCUT2D eigenvalue weighted by Gasteiger charge is 2.18. The fourth-order valence-electron chi connectivity index (χ4n) is 1.21. The van der Waals surface area contributed by atoms with Gasteiger partial charge in [-0.25, -0.2) is 8.78 Å². The second-order valence-electron chi connectivity index (χ2n) is 2.79. The second kappa shape index (κ2) is 4.32. The minimum Gasteiger partial charge on any atom is -0.496 e. The van der Waals surface area contributed by atoms with Crippen LogP contribution in [-0.4, -0.2) is 17.2 Å². The number of alkyl halides is 2. The molecule has 0 atom stereocenters. The minimum absolute atomic E-state index is 0.0492. The van der Waals surface area contributed by atoms with E-state index < -0.39 is 18.7 Å². The molecule has 14 heavy (non-hydrogen) atoms. The average molecular weight is 203 g/mol. The molecule has 1 aromatic rings. The maximum absolute atomic E-state index is 12.5. The number of aromatic nitrogens is 1. The van der Waals surface area contributed by atoms with E-state index in [-0.39, 0.29) is 11.3 Å². The van der Waals surface area contributed by atoms with Gasteiger partial charge >= 0.3 is 0 Å². The number of rotatable bonds is 3. The lowest BCUT2D eigenvalue weighted by Crippen LogP contribution is -2.03. The molecule has 0 amide bonds. The van der Waals surface area contributed by atoms with Gasteiger partial charge in [-0.05, 0) is 6.92 Å². The first kappa shape index (κ1) is 10.8. The Bertz CT molecular complexity index is 329. The predicted octanol–water partition coefficient (Wildman–Crippen LogP) is 1.83. The van der Waals surface area contributed by atoms with Crippen molar-refractivity contribution in [3.05, 3.63) is 23.0 Å². The van der Waals surface area contributed by atoms with Crippen molar-refractivity contribution in [3.63, 3.8) is 0 Å². The molecule has 0 saturated carbocycles. The summed E-state index contributed by atoms with van der Waals surface area (Å²) in [6.07, 6.45) is -2.70. The van der Waals surface area contributed by atoms with E-state index >= 15 is 0 Å². The normalized spacial score (nSPS) is 10.7. The number of pyridine rings is 1. The molecule has 0 radical (unpaired) electrons. The van der Waals surface area contributed by atoms with Crippen molar-refractivity contribution >= 4 is 0 Å². The number of aryl methyl sites for hydroxylation is 1. The Hall–Kier alpha value is -1.23. The number of aliphatic hydroxyl groups excluding tert-OH is 1. The van der Waals surface area contributed by atoms with Gasteiger partial charge < -0.3 is 9.84 Å². The van der Waals surface area contributed by atoms with E-state index in [1.54, 1.807) is 6.92 Å². The topological polar surface area (TPSA) is 42.4 Å². The van der Waals surface area contributed by atoms with Crippen LogP contribution in [-0.2, 0) is 6.61 Å². The molecule has 0 aliphatic rings. The molecule has 1 rings (SSSR count). The van der Waals surface area contributed by atoms with E-state index in [9.17, 15) is 8.78 Å². The van der Waals surface area contributed by atoms with Crippen molar-refractivity contribution in [2.75, 3.05) is 7.11 Å². The van der Waals surface area contributed by atoms with Crippen LogP contribution in [0.3, 0.4) is 0 Å². The Labute approximate surface area is 80.3 Å². The molecule has 78 valence electrons. The van der Waals surface area contributed by atoms with Crippen molar-refractivity contribution in [3.8, 4) is 5.75 Å². The zero-order chi connectivity index (χ0) is 10.7. The molecule has 0 unspecified atom stereocenters. The lowest BCUT2D eigenvalue weighted by Gasteiger charge is -2.11. The molecule has 0 saturated heterocycles. The van der Waals surface area contributed by atoms with Gasteiger partial charge in [-0.2, -0.15) is 0 Å². The number of ether oxygens (including phenoxy) is 1. The van der Waals surface area contributed by atoms with Crippen molar-refractivity contribution in [2.24, 2.45) is 0 Å². The van der Waals surface area contributed by atoms with E-state index in [1.807, 2.05) is 0 Å². The Balaban J connectivity index is 3.31. The molecule has 0 aliphatic carbocycles. The highest BCUT2D eigenvalue weighted by Crippen LogP contribution is 2.28. The first-order chi connectivity index (χ1) is 6.60. The molecule has 0 aliphatic heterocycles. The summed E-state index contributed by atoms with van der Waals surface area (Å²) >= 11 is 0. The van der Waals surface area contributed by atoms with Crippen molar-refractivity contribution in [1.29, 1.82) is 0 Å². The highest BCUT2D eigenvalue weighted by atomic mass is 19.3. The summed E-state index contributed by atoms with van der Waals surface area (Å²) < 4.78 is 29.8. The van der Waals surface area contributed by atoms with Gasteiger partial charge in [0.25, 0.3) is 6.43 Å². The predicted molar refractivity (Wildman–Crippen MR) is 46.4 cm³/mol. The lowest BCUT2D eigenvalue weighted by atomic mass is 10.1. The summed E-state index contributed by atoms with van der Waals surface area (Å²) in [4.78, 5) is 3.66. The van der Waals surface area contributed by atoms with Crippen molar-refractivity contribution in [2.45, 2.75) is 20.0 Å². The third-order valence-electron chi connectivity index (χ3n) is 1.83. The monoisotopic (exact) mass is 203 g/mol. The van der Waals surface area contributed by atoms with E-state index in [4.69, 9.17) is 9.84 Å². The fraction of sp³-hybridized carbons (Fsp3) is 0.444. The molecular weight excluding hydrogens is 192 g/mol. The number of hydrogen-bond donors (Lipinski definition) is 1. The van der Waals surface area contributed by atoms with Crippen LogP contribution in [0.25, 0.3) is 0 Å². The van der Waals surface area contributed by atoms with Crippen LogP contribution in [0.4, 0.5) is 8.78 Å². The minimum atomic E-state index is -2.70. The maximum Gasteiger partial charge on any atom is 0.280 e. The van der Waals surface area contributed by atoms with Gasteiger partial charge in [0.05, 0.1) is 13.7 Å². The number of hydrogen-bond acceptors (Lipinski definition) is 3. The first-order valence-electron chi connectivity index (χ1n) is 4.03. The molecular formula is C9H11F2NO2. The van der Waals surface area contributed by atoms with E-state index in [0.29, 0.717) is 5.69 Å². The average Bonchev–Trinajstić information content (AvgIpc) is 2.16. The Kier molecular flexibility index (Phi) is 3.35. The Morgan fingerprint density at radius 1 is 1.57 bits per heavy atom. The van der Waals surface area contributed by atoms with E-state index in [2.05, 4.69) is 4.98 Å². The maximum atomic E-state index is 12.5.